The maximum Gasteiger partial charge on any atom is 0.293 e. The predicted molar refractivity (Wildman–Crippen MR) is 117 cm³/mol. The zero-order valence-corrected chi connectivity index (χ0v) is 17.6. The van der Waals surface area contributed by atoms with Crippen LogP contribution in [0.2, 0.25) is 0 Å². The van der Waals surface area contributed by atoms with Crippen molar-refractivity contribution in [2.75, 3.05) is 36.2 Å². The number of hydrazine groups is 1. The molecule has 3 N–H and O–H groups in total. The Kier molecular flexibility index (Phi) is 6.62. The maximum atomic E-state index is 12.7. The van der Waals surface area contributed by atoms with Crippen molar-refractivity contribution in [3.05, 3.63) is 62.6 Å². The summed E-state index contributed by atoms with van der Waals surface area (Å²) in [6, 6.07) is 11.3. The lowest BCUT2D eigenvalue weighted by Crippen LogP contribution is -2.49. The third kappa shape index (κ3) is 5.00. The number of benzene rings is 2. The van der Waals surface area contributed by atoms with E-state index in [1.54, 1.807) is 30.3 Å². The van der Waals surface area contributed by atoms with E-state index in [1.807, 2.05) is 4.90 Å². The number of nitrogens with one attached hydrogen (secondary N) is 1. The van der Waals surface area contributed by atoms with Crippen molar-refractivity contribution in [3.8, 4) is 0 Å². The summed E-state index contributed by atoms with van der Waals surface area (Å²) in [6.07, 6.45) is 0. The van der Waals surface area contributed by atoms with E-state index in [9.17, 15) is 14.9 Å². The van der Waals surface area contributed by atoms with Gasteiger partial charge in [-0.05, 0) is 48.6 Å². The average Bonchev–Trinajstić information content (AvgIpc) is 2.72. The predicted octanol–water partition coefficient (Wildman–Crippen LogP) is 2.59. The minimum absolute atomic E-state index is 0.0693. The second kappa shape index (κ2) is 9.16. The van der Waals surface area contributed by atoms with Gasteiger partial charge < -0.3 is 15.4 Å². The van der Waals surface area contributed by atoms with E-state index in [-0.39, 0.29) is 16.4 Å². The van der Waals surface area contributed by atoms with Crippen molar-refractivity contribution >= 4 is 56.2 Å². The zero-order valence-electron chi connectivity index (χ0n) is 15.2. The van der Waals surface area contributed by atoms with Crippen molar-refractivity contribution in [3.63, 3.8) is 0 Å². The first-order valence-electron chi connectivity index (χ1n) is 8.64. The van der Waals surface area contributed by atoms with Gasteiger partial charge in [0.05, 0.1) is 23.8 Å². The molecular weight excluding hydrogens is 462 g/mol. The molecule has 9 nitrogen and oxygen atoms in total. The van der Waals surface area contributed by atoms with Gasteiger partial charge in [0.1, 0.15) is 5.69 Å². The van der Waals surface area contributed by atoms with Gasteiger partial charge in [0, 0.05) is 29.2 Å². The number of carbonyl (C=O) groups is 1. The number of morpholine rings is 1. The Balaban J connectivity index is 1.85. The third-order valence-electron chi connectivity index (χ3n) is 4.30. The Bertz CT molecular complexity index is 934. The largest absolute Gasteiger partial charge is 0.378 e. The molecule has 1 aliphatic heterocycles. The molecule has 0 spiro atoms. The number of anilines is 2. The Morgan fingerprint density at radius 1 is 1.24 bits per heavy atom. The van der Waals surface area contributed by atoms with Gasteiger partial charge in [-0.3, -0.25) is 20.3 Å². The minimum atomic E-state index is -0.572. The summed E-state index contributed by atoms with van der Waals surface area (Å²) in [5.41, 5.74) is 9.30. The minimum Gasteiger partial charge on any atom is -0.378 e. The molecular formula is C18H18BrN5O4S. The number of hydrogen-bond acceptors (Lipinski definition) is 6. The van der Waals surface area contributed by atoms with Crippen LogP contribution in [-0.2, 0) is 4.74 Å². The van der Waals surface area contributed by atoms with E-state index in [0.717, 1.165) is 4.47 Å². The number of nitro groups is 1. The topological polar surface area (TPSA) is 114 Å². The second-order valence-electron chi connectivity index (χ2n) is 6.15. The van der Waals surface area contributed by atoms with Crippen LogP contribution in [0.4, 0.5) is 17.1 Å². The smallest absolute Gasteiger partial charge is 0.293 e. The van der Waals surface area contributed by atoms with Gasteiger partial charge in [-0.2, -0.15) is 0 Å². The maximum absolute atomic E-state index is 12.7. The fourth-order valence-electron chi connectivity index (χ4n) is 2.89. The lowest BCUT2D eigenvalue weighted by atomic mass is 10.1. The normalized spacial score (nSPS) is 13.6. The number of hydrogen-bond donors (Lipinski definition) is 2. The second-order valence-corrected chi connectivity index (χ2v) is 7.48. The van der Waals surface area contributed by atoms with Crippen molar-refractivity contribution < 1.29 is 14.5 Å². The van der Waals surface area contributed by atoms with Crippen molar-refractivity contribution in [2.24, 2.45) is 5.73 Å². The van der Waals surface area contributed by atoms with E-state index < -0.39 is 10.8 Å². The fraction of sp³-hybridized carbons (Fsp3) is 0.222. The van der Waals surface area contributed by atoms with E-state index >= 15 is 0 Å². The summed E-state index contributed by atoms with van der Waals surface area (Å²) in [5, 5.41) is 12.8. The Morgan fingerprint density at radius 3 is 2.48 bits per heavy atom. The molecule has 1 amide bonds. The first-order chi connectivity index (χ1) is 13.9. The fourth-order valence-corrected chi connectivity index (χ4v) is 3.30. The molecule has 0 unspecified atom stereocenters. The summed E-state index contributed by atoms with van der Waals surface area (Å²) in [6.45, 7) is 2.08. The van der Waals surface area contributed by atoms with Crippen LogP contribution in [0, 0.1) is 10.1 Å². The molecule has 0 radical (unpaired) electrons. The molecule has 3 rings (SSSR count). The molecule has 1 saturated heterocycles. The van der Waals surface area contributed by atoms with Crippen LogP contribution >= 0.6 is 28.1 Å². The van der Waals surface area contributed by atoms with Crippen molar-refractivity contribution in [1.29, 1.82) is 0 Å². The van der Waals surface area contributed by atoms with Crippen molar-refractivity contribution in [2.45, 2.75) is 0 Å². The van der Waals surface area contributed by atoms with Gasteiger partial charge in [-0.25, -0.2) is 5.01 Å². The molecule has 11 heteroatoms. The highest BCUT2D eigenvalue weighted by molar-refractivity contribution is 9.10. The summed E-state index contributed by atoms with van der Waals surface area (Å²) in [7, 11) is 0. The molecule has 152 valence electrons. The third-order valence-corrected chi connectivity index (χ3v) is 5.02. The highest BCUT2D eigenvalue weighted by atomic mass is 79.9. The number of halogens is 1. The molecule has 0 aliphatic carbocycles. The lowest BCUT2D eigenvalue weighted by Gasteiger charge is -2.28. The van der Waals surface area contributed by atoms with Crippen LogP contribution in [0.3, 0.4) is 0 Å². The standard InChI is InChI=1S/C18H18BrN5O4S/c19-13-2-4-14(5-3-13)23(18(20)29)21-17(25)12-1-6-15(16(11-12)24(26)27)22-7-9-28-10-8-22/h1-6,11H,7-10H2,(H2,20,29)(H,21,25). The average molecular weight is 480 g/mol. The molecule has 0 aromatic heterocycles. The number of nitro benzene ring substituents is 1. The van der Waals surface area contributed by atoms with E-state index in [4.69, 9.17) is 22.7 Å². The number of carbonyl (C=O) groups excluding carboxylic acids is 1. The van der Waals surface area contributed by atoms with Crippen LogP contribution in [-0.4, -0.2) is 42.2 Å². The van der Waals surface area contributed by atoms with Gasteiger partial charge in [0.25, 0.3) is 11.6 Å². The van der Waals surface area contributed by atoms with Crippen LogP contribution in [0.25, 0.3) is 0 Å². The van der Waals surface area contributed by atoms with E-state index in [0.29, 0.717) is 37.7 Å². The number of ether oxygens (including phenoxy) is 1. The summed E-state index contributed by atoms with van der Waals surface area (Å²) in [4.78, 5) is 25.7. The molecule has 0 saturated carbocycles. The molecule has 29 heavy (non-hydrogen) atoms. The van der Waals surface area contributed by atoms with Gasteiger partial charge >= 0.3 is 0 Å². The van der Waals surface area contributed by atoms with Gasteiger partial charge in [0.2, 0.25) is 0 Å². The van der Waals surface area contributed by atoms with Crippen LogP contribution < -0.4 is 21.1 Å². The zero-order chi connectivity index (χ0) is 21.0. The monoisotopic (exact) mass is 479 g/mol. The van der Waals surface area contributed by atoms with Gasteiger partial charge in [0.15, 0.2) is 5.11 Å². The highest BCUT2D eigenvalue weighted by Gasteiger charge is 2.24. The number of amides is 1. The van der Waals surface area contributed by atoms with Crippen LogP contribution in [0.5, 0.6) is 0 Å². The van der Waals surface area contributed by atoms with Crippen LogP contribution in [0.1, 0.15) is 10.4 Å². The highest BCUT2D eigenvalue weighted by Crippen LogP contribution is 2.30. The number of thiocarbonyl (C=S) groups is 1. The number of nitrogens with zero attached hydrogens (tertiary/aromatic N) is 3. The molecule has 2 aromatic rings. The molecule has 0 atom stereocenters. The molecule has 1 aliphatic rings. The summed E-state index contributed by atoms with van der Waals surface area (Å²) in [5.74, 6) is -0.572. The quantitative estimate of drug-likeness (QED) is 0.390. The number of nitrogens with two attached hydrogens (primary N) is 1. The SMILES string of the molecule is NC(=S)N(NC(=O)c1ccc(N2CCOCC2)c([N+](=O)[O-])c1)c1ccc(Br)cc1. The summed E-state index contributed by atoms with van der Waals surface area (Å²) >= 11 is 8.36. The van der Waals surface area contributed by atoms with Crippen LogP contribution in [0.15, 0.2) is 46.9 Å². The Morgan fingerprint density at radius 2 is 1.90 bits per heavy atom. The lowest BCUT2D eigenvalue weighted by molar-refractivity contribution is -0.384. The molecule has 2 aromatic carbocycles. The van der Waals surface area contributed by atoms with Gasteiger partial charge in [-0.1, -0.05) is 15.9 Å². The van der Waals surface area contributed by atoms with Gasteiger partial charge in [-0.15, -0.1) is 0 Å². The molecule has 1 heterocycles. The van der Waals surface area contributed by atoms with Crippen molar-refractivity contribution in [1.82, 2.24) is 5.43 Å². The number of rotatable bonds is 4. The van der Waals surface area contributed by atoms with E-state index in [1.165, 1.54) is 17.1 Å². The Labute approximate surface area is 180 Å². The molecule has 1 fully saturated rings. The summed E-state index contributed by atoms with van der Waals surface area (Å²) < 4.78 is 6.14. The Hall–Kier alpha value is -2.76. The first-order valence-corrected chi connectivity index (χ1v) is 9.84. The van der Waals surface area contributed by atoms with E-state index in [2.05, 4.69) is 21.4 Å². The molecule has 0 bridgehead atoms. The first kappa shape index (κ1) is 21.0.